The minimum absolute atomic E-state index is 0.0177. The Labute approximate surface area is 203 Å². The highest BCUT2D eigenvalue weighted by Crippen LogP contribution is 2.34. The summed E-state index contributed by atoms with van der Waals surface area (Å²) in [6.07, 6.45) is 3.32. The van der Waals surface area contributed by atoms with Gasteiger partial charge in [-0.2, -0.15) is 4.31 Å². The lowest BCUT2D eigenvalue weighted by atomic mass is 10.0. The van der Waals surface area contributed by atoms with E-state index in [1.807, 2.05) is 26.0 Å². The summed E-state index contributed by atoms with van der Waals surface area (Å²) >= 11 is 0. The summed E-state index contributed by atoms with van der Waals surface area (Å²) in [6, 6.07) is 4.42. The molecule has 2 aliphatic heterocycles. The van der Waals surface area contributed by atoms with Gasteiger partial charge < -0.3 is 19.5 Å². The van der Waals surface area contributed by atoms with Crippen LogP contribution >= 0.6 is 0 Å². The molecule has 2 heterocycles. The summed E-state index contributed by atoms with van der Waals surface area (Å²) in [4.78, 5) is 16.7. The first-order chi connectivity index (χ1) is 16.2. The third-order valence-electron chi connectivity index (χ3n) is 6.39. The maximum absolute atomic E-state index is 13.5. The molecule has 0 saturated carbocycles. The summed E-state index contributed by atoms with van der Waals surface area (Å²) in [5.41, 5.74) is 0.821. The number of benzene rings is 1. The molecular weight excluding hydrogens is 458 g/mol. The van der Waals surface area contributed by atoms with Crippen LogP contribution in [0.3, 0.4) is 0 Å². The molecule has 0 radical (unpaired) electrons. The molecule has 1 aromatic rings. The van der Waals surface area contributed by atoms with Crippen molar-refractivity contribution in [2.75, 3.05) is 59.6 Å². The number of carbonyl (C=O) groups is 1. The number of aliphatic hydroxyl groups is 1. The molecule has 0 bridgehead atoms. The summed E-state index contributed by atoms with van der Waals surface area (Å²) in [7, 11) is -2.13. The highest BCUT2D eigenvalue weighted by Gasteiger charge is 2.38. The molecule has 0 aromatic heterocycles. The fraction of sp³-hybridized carbons (Fsp3) is 0.625. The lowest BCUT2D eigenvalue weighted by molar-refractivity contribution is -0.133. The maximum Gasteiger partial charge on any atom is 0.247 e. The molecule has 1 saturated heterocycles. The predicted molar refractivity (Wildman–Crippen MR) is 130 cm³/mol. The van der Waals surface area contributed by atoms with Crippen LogP contribution in [0.2, 0.25) is 0 Å². The second kappa shape index (κ2) is 11.6. The smallest absolute Gasteiger partial charge is 0.247 e. The Bertz CT molecular complexity index is 977. The number of hydrogen-bond donors (Lipinski definition) is 1. The van der Waals surface area contributed by atoms with Crippen LogP contribution in [-0.4, -0.2) is 105 Å². The second-order valence-electron chi connectivity index (χ2n) is 9.11. The molecule has 0 aliphatic carbocycles. The highest BCUT2D eigenvalue weighted by molar-refractivity contribution is 7.89. The van der Waals surface area contributed by atoms with E-state index in [-0.39, 0.29) is 35.6 Å². The van der Waals surface area contributed by atoms with Gasteiger partial charge >= 0.3 is 0 Å². The van der Waals surface area contributed by atoms with Crippen molar-refractivity contribution < 1.29 is 27.8 Å². The largest absolute Gasteiger partial charge is 0.487 e. The van der Waals surface area contributed by atoms with Crippen LogP contribution in [0.4, 0.5) is 0 Å². The normalized spacial score (nSPS) is 24.6. The zero-order chi connectivity index (χ0) is 24.9. The minimum atomic E-state index is -3.88. The number of ether oxygens (including phenoxy) is 2. The average molecular weight is 496 g/mol. The number of morpholine rings is 1. The first kappa shape index (κ1) is 26.6. The zero-order valence-corrected chi connectivity index (χ0v) is 21.3. The van der Waals surface area contributed by atoms with Crippen molar-refractivity contribution in [2.24, 2.45) is 5.92 Å². The van der Waals surface area contributed by atoms with Crippen molar-refractivity contribution in [3.63, 3.8) is 0 Å². The molecule has 1 fully saturated rings. The Hall–Kier alpha value is -1.98. The number of nitrogens with zero attached hydrogens (tertiary/aromatic N) is 3. The van der Waals surface area contributed by atoms with Crippen molar-refractivity contribution >= 4 is 22.0 Å². The Morgan fingerprint density at radius 2 is 2.03 bits per heavy atom. The Morgan fingerprint density at radius 3 is 2.68 bits per heavy atom. The molecule has 190 valence electrons. The standard InChI is InChI=1S/C24H37N3O6S/c1-5-6-20-7-8-23-21(13-20)33-22(18(2)14-27(19(3)17-28)34(23,30)31)15-25(4)24(29)16-26-9-11-32-12-10-26/h5-8,13,18-19,22,28H,9-12,14-17H2,1-4H3/b6-5+/t18-,19-,22+/m1/s1. The van der Waals surface area contributed by atoms with Crippen molar-refractivity contribution in [2.45, 2.75) is 37.8 Å². The lowest BCUT2D eigenvalue weighted by Gasteiger charge is -2.38. The van der Waals surface area contributed by atoms with Crippen LogP contribution in [0.5, 0.6) is 5.75 Å². The Morgan fingerprint density at radius 1 is 1.32 bits per heavy atom. The molecule has 1 aromatic carbocycles. The molecule has 34 heavy (non-hydrogen) atoms. The molecule has 2 aliphatic rings. The van der Waals surface area contributed by atoms with Gasteiger partial charge in [-0.1, -0.05) is 25.1 Å². The topological polar surface area (TPSA) is 99.6 Å². The van der Waals surface area contributed by atoms with Crippen molar-refractivity contribution in [3.8, 4) is 5.75 Å². The van der Waals surface area contributed by atoms with Gasteiger partial charge in [-0.05, 0) is 31.5 Å². The summed E-state index contributed by atoms with van der Waals surface area (Å²) in [5.74, 6) is 0.0214. The van der Waals surface area contributed by atoms with E-state index in [4.69, 9.17) is 9.47 Å². The van der Waals surface area contributed by atoms with Crippen LogP contribution in [0.1, 0.15) is 26.3 Å². The molecule has 10 heteroatoms. The minimum Gasteiger partial charge on any atom is -0.487 e. The molecule has 0 unspecified atom stereocenters. The molecule has 9 nitrogen and oxygen atoms in total. The van der Waals surface area contributed by atoms with Crippen molar-refractivity contribution in [3.05, 3.63) is 29.8 Å². The number of fused-ring (bicyclic) bond motifs is 1. The van der Waals surface area contributed by atoms with E-state index < -0.39 is 22.2 Å². The van der Waals surface area contributed by atoms with Gasteiger partial charge in [0.05, 0.1) is 32.9 Å². The lowest BCUT2D eigenvalue weighted by Crippen LogP contribution is -2.51. The van der Waals surface area contributed by atoms with Crippen LogP contribution in [-0.2, 0) is 19.6 Å². The van der Waals surface area contributed by atoms with E-state index in [9.17, 15) is 18.3 Å². The van der Waals surface area contributed by atoms with Gasteiger partial charge in [0, 0.05) is 38.6 Å². The van der Waals surface area contributed by atoms with E-state index >= 15 is 0 Å². The second-order valence-corrected chi connectivity index (χ2v) is 11.0. The number of allylic oxidation sites excluding steroid dienone is 1. The first-order valence-electron chi connectivity index (χ1n) is 11.8. The summed E-state index contributed by atoms with van der Waals surface area (Å²) in [5, 5.41) is 9.76. The van der Waals surface area contributed by atoms with Gasteiger partial charge in [-0.25, -0.2) is 8.42 Å². The fourth-order valence-electron chi connectivity index (χ4n) is 4.20. The van der Waals surface area contributed by atoms with Crippen LogP contribution in [0.25, 0.3) is 6.08 Å². The van der Waals surface area contributed by atoms with Crippen molar-refractivity contribution in [1.82, 2.24) is 14.1 Å². The zero-order valence-electron chi connectivity index (χ0n) is 20.5. The van der Waals surface area contributed by atoms with E-state index in [0.29, 0.717) is 26.3 Å². The van der Waals surface area contributed by atoms with Gasteiger partial charge in [0.1, 0.15) is 16.7 Å². The monoisotopic (exact) mass is 495 g/mol. The predicted octanol–water partition coefficient (Wildman–Crippen LogP) is 1.28. The van der Waals surface area contributed by atoms with Gasteiger partial charge in [0.2, 0.25) is 15.9 Å². The fourth-order valence-corrected chi connectivity index (χ4v) is 6.02. The highest BCUT2D eigenvalue weighted by atomic mass is 32.2. The third-order valence-corrected chi connectivity index (χ3v) is 8.41. The number of hydrogen-bond acceptors (Lipinski definition) is 7. The van der Waals surface area contributed by atoms with Gasteiger partial charge in [0.15, 0.2) is 0 Å². The molecule has 1 amide bonds. The molecule has 1 N–H and O–H groups in total. The quantitative estimate of drug-likeness (QED) is 0.608. The third kappa shape index (κ3) is 6.17. The number of aliphatic hydroxyl groups excluding tert-OH is 1. The van der Waals surface area contributed by atoms with Crippen LogP contribution < -0.4 is 4.74 Å². The molecule has 3 rings (SSSR count). The Balaban J connectivity index is 1.89. The molecular formula is C24H37N3O6S. The number of amides is 1. The molecule has 3 atom stereocenters. The van der Waals surface area contributed by atoms with Gasteiger partial charge in [0.25, 0.3) is 0 Å². The molecule has 0 spiro atoms. The Kier molecular flexibility index (Phi) is 9.11. The van der Waals surface area contributed by atoms with Crippen LogP contribution in [0, 0.1) is 5.92 Å². The van der Waals surface area contributed by atoms with E-state index in [1.54, 1.807) is 37.1 Å². The van der Waals surface area contributed by atoms with Gasteiger partial charge in [-0.3, -0.25) is 9.69 Å². The number of rotatable bonds is 7. The summed E-state index contributed by atoms with van der Waals surface area (Å²) < 4.78 is 40.0. The maximum atomic E-state index is 13.5. The average Bonchev–Trinajstić information content (AvgIpc) is 2.81. The SMILES string of the molecule is C/C=C/c1ccc2c(c1)O[C@@H](CN(C)C(=O)CN1CCOCC1)[C@H](C)CN([C@H](C)CO)S2(=O)=O. The van der Waals surface area contributed by atoms with Crippen molar-refractivity contribution in [1.29, 1.82) is 0 Å². The van der Waals surface area contributed by atoms with Gasteiger partial charge in [-0.15, -0.1) is 0 Å². The number of carbonyl (C=O) groups excluding carboxylic acids is 1. The first-order valence-corrected chi connectivity index (χ1v) is 13.2. The summed E-state index contributed by atoms with van der Waals surface area (Å²) in [6.45, 7) is 8.70. The number of likely N-dealkylation sites (N-methyl/N-ethyl adjacent to an activating group) is 1. The van der Waals surface area contributed by atoms with E-state index in [2.05, 4.69) is 4.90 Å². The number of sulfonamides is 1. The van der Waals surface area contributed by atoms with E-state index in [1.165, 1.54) is 4.31 Å². The van der Waals surface area contributed by atoms with E-state index in [0.717, 1.165) is 18.7 Å². The van der Waals surface area contributed by atoms with Crippen LogP contribution in [0.15, 0.2) is 29.2 Å².